The summed E-state index contributed by atoms with van der Waals surface area (Å²) in [5.74, 6) is 0.339. The first-order chi connectivity index (χ1) is 8.20. The Bertz CT molecular complexity index is 526. The number of anilines is 2. The van der Waals surface area contributed by atoms with Gasteiger partial charge in [0, 0.05) is 11.8 Å². The van der Waals surface area contributed by atoms with Crippen molar-refractivity contribution in [2.24, 2.45) is 0 Å². The van der Waals surface area contributed by atoms with Crippen LogP contribution in [0.3, 0.4) is 0 Å². The lowest BCUT2D eigenvalue weighted by atomic mass is 10.2. The van der Waals surface area contributed by atoms with Crippen molar-refractivity contribution in [2.75, 3.05) is 18.2 Å². The Labute approximate surface area is 102 Å². The molecule has 0 saturated carbocycles. The second-order valence-corrected chi connectivity index (χ2v) is 4.16. The number of nitrogens with one attached hydrogen (secondary N) is 1. The van der Waals surface area contributed by atoms with Crippen molar-refractivity contribution in [1.29, 1.82) is 0 Å². The van der Waals surface area contributed by atoms with Crippen LogP contribution in [-0.4, -0.2) is 18.0 Å². The SMILES string of the molecule is COc1cc(NC(=O)c2cncs2)ccc1N. The highest BCUT2D eigenvalue weighted by Gasteiger charge is 2.08. The number of ether oxygens (including phenoxy) is 1. The van der Waals surface area contributed by atoms with Crippen molar-refractivity contribution in [3.63, 3.8) is 0 Å². The molecule has 0 aliphatic carbocycles. The zero-order valence-electron chi connectivity index (χ0n) is 9.14. The zero-order valence-corrected chi connectivity index (χ0v) is 9.95. The Morgan fingerprint density at radius 1 is 1.53 bits per heavy atom. The van der Waals surface area contributed by atoms with E-state index in [-0.39, 0.29) is 5.91 Å². The minimum atomic E-state index is -0.195. The van der Waals surface area contributed by atoms with Gasteiger partial charge in [-0.25, -0.2) is 0 Å². The second kappa shape index (κ2) is 4.84. The van der Waals surface area contributed by atoms with Gasteiger partial charge in [-0.1, -0.05) is 0 Å². The number of rotatable bonds is 3. The molecule has 88 valence electrons. The summed E-state index contributed by atoms with van der Waals surface area (Å²) >= 11 is 1.28. The molecule has 0 radical (unpaired) electrons. The van der Waals surface area contributed by atoms with E-state index in [2.05, 4.69) is 10.3 Å². The van der Waals surface area contributed by atoms with Gasteiger partial charge in [-0.3, -0.25) is 9.78 Å². The van der Waals surface area contributed by atoms with E-state index in [4.69, 9.17) is 10.5 Å². The Balaban J connectivity index is 2.16. The topological polar surface area (TPSA) is 77.2 Å². The van der Waals surface area contributed by atoms with Crippen LogP contribution >= 0.6 is 11.3 Å². The molecule has 3 N–H and O–H groups in total. The first kappa shape index (κ1) is 11.4. The molecule has 1 heterocycles. The first-order valence-electron chi connectivity index (χ1n) is 4.84. The van der Waals surface area contributed by atoms with Gasteiger partial charge in [0.05, 0.1) is 24.5 Å². The minimum Gasteiger partial charge on any atom is -0.495 e. The van der Waals surface area contributed by atoms with Crippen LogP contribution in [0.15, 0.2) is 29.9 Å². The summed E-state index contributed by atoms with van der Waals surface area (Å²) < 4.78 is 5.07. The van der Waals surface area contributed by atoms with Crippen LogP contribution in [0.2, 0.25) is 0 Å². The van der Waals surface area contributed by atoms with Crippen molar-refractivity contribution in [3.8, 4) is 5.75 Å². The predicted molar refractivity (Wildman–Crippen MR) is 67.5 cm³/mol. The number of nitrogens with zero attached hydrogens (tertiary/aromatic N) is 1. The van der Waals surface area contributed by atoms with Gasteiger partial charge >= 0.3 is 0 Å². The summed E-state index contributed by atoms with van der Waals surface area (Å²) in [6, 6.07) is 5.08. The first-order valence-corrected chi connectivity index (χ1v) is 5.72. The van der Waals surface area contributed by atoms with Crippen molar-refractivity contribution >= 4 is 28.6 Å². The minimum absolute atomic E-state index is 0.195. The summed E-state index contributed by atoms with van der Waals surface area (Å²) in [5, 5.41) is 2.74. The van der Waals surface area contributed by atoms with Crippen LogP contribution in [0.1, 0.15) is 9.67 Å². The van der Waals surface area contributed by atoms with Crippen molar-refractivity contribution in [2.45, 2.75) is 0 Å². The highest BCUT2D eigenvalue weighted by molar-refractivity contribution is 7.11. The lowest BCUT2D eigenvalue weighted by Gasteiger charge is -2.08. The molecule has 0 bridgehead atoms. The number of carbonyl (C=O) groups is 1. The normalized spacial score (nSPS) is 9.94. The fourth-order valence-electron chi connectivity index (χ4n) is 1.31. The van der Waals surface area contributed by atoms with Gasteiger partial charge in [-0.15, -0.1) is 11.3 Å². The molecule has 0 atom stereocenters. The molecule has 2 rings (SSSR count). The number of hydrogen-bond acceptors (Lipinski definition) is 5. The average molecular weight is 249 g/mol. The van der Waals surface area contributed by atoms with E-state index in [9.17, 15) is 4.79 Å². The zero-order chi connectivity index (χ0) is 12.3. The fraction of sp³-hybridized carbons (Fsp3) is 0.0909. The highest BCUT2D eigenvalue weighted by atomic mass is 32.1. The van der Waals surface area contributed by atoms with Crippen LogP contribution in [0.4, 0.5) is 11.4 Å². The van der Waals surface area contributed by atoms with Gasteiger partial charge in [-0.2, -0.15) is 0 Å². The number of methoxy groups -OCH3 is 1. The standard InChI is InChI=1S/C11H11N3O2S/c1-16-9-4-7(2-3-8(9)12)14-11(15)10-5-13-6-17-10/h2-6H,12H2,1H3,(H,14,15). The number of hydrogen-bond donors (Lipinski definition) is 2. The molecule has 0 unspecified atom stereocenters. The number of aromatic nitrogens is 1. The fourth-order valence-corrected chi connectivity index (χ4v) is 1.82. The molecule has 0 fully saturated rings. The molecule has 0 saturated heterocycles. The Kier molecular flexibility index (Phi) is 3.24. The van der Waals surface area contributed by atoms with E-state index in [1.165, 1.54) is 24.6 Å². The maximum absolute atomic E-state index is 11.7. The maximum atomic E-state index is 11.7. The molecule has 0 spiro atoms. The van der Waals surface area contributed by atoms with Gasteiger partial charge in [0.15, 0.2) is 0 Å². The molecular weight excluding hydrogens is 238 g/mol. The highest BCUT2D eigenvalue weighted by Crippen LogP contribution is 2.25. The van der Waals surface area contributed by atoms with Crippen LogP contribution in [0.5, 0.6) is 5.75 Å². The molecule has 1 aromatic heterocycles. The summed E-state index contributed by atoms with van der Waals surface area (Å²) in [4.78, 5) is 16.1. The quantitative estimate of drug-likeness (QED) is 0.815. The number of thiazole rings is 1. The van der Waals surface area contributed by atoms with E-state index in [1.54, 1.807) is 23.7 Å². The van der Waals surface area contributed by atoms with Crippen molar-refractivity contribution in [3.05, 3.63) is 34.8 Å². The van der Waals surface area contributed by atoms with Crippen LogP contribution in [-0.2, 0) is 0 Å². The van der Waals surface area contributed by atoms with Crippen LogP contribution in [0, 0.1) is 0 Å². The smallest absolute Gasteiger partial charge is 0.267 e. The third-order valence-corrected chi connectivity index (χ3v) is 2.92. The average Bonchev–Trinajstić information content (AvgIpc) is 2.85. The largest absolute Gasteiger partial charge is 0.495 e. The number of carbonyl (C=O) groups excluding carboxylic acids is 1. The van der Waals surface area contributed by atoms with Crippen LogP contribution < -0.4 is 15.8 Å². The number of amides is 1. The summed E-state index contributed by atoms with van der Waals surface area (Å²) in [6.07, 6.45) is 1.52. The Hall–Kier alpha value is -2.08. The Morgan fingerprint density at radius 2 is 2.35 bits per heavy atom. The number of benzene rings is 1. The predicted octanol–water partition coefficient (Wildman–Crippen LogP) is 1.99. The lowest BCUT2D eigenvalue weighted by Crippen LogP contribution is -2.10. The van der Waals surface area contributed by atoms with Gasteiger partial charge in [0.1, 0.15) is 10.6 Å². The molecule has 2 aromatic rings. The van der Waals surface area contributed by atoms with Crippen molar-refractivity contribution in [1.82, 2.24) is 4.98 Å². The molecular formula is C11H11N3O2S. The van der Waals surface area contributed by atoms with Gasteiger partial charge in [-0.05, 0) is 12.1 Å². The molecule has 17 heavy (non-hydrogen) atoms. The van der Waals surface area contributed by atoms with E-state index >= 15 is 0 Å². The monoisotopic (exact) mass is 249 g/mol. The summed E-state index contributed by atoms with van der Waals surface area (Å²) in [5.41, 5.74) is 8.45. The van der Waals surface area contributed by atoms with Gasteiger partial charge in [0.2, 0.25) is 0 Å². The molecule has 5 nitrogen and oxygen atoms in total. The Morgan fingerprint density at radius 3 is 3.00 bits per heavy atom. The molecule has 1 aromatic carbocycles. The van der Waals surface area contributed by atoms with E-state index in [1.807, 2.05) is 0 Å². The van der Waals surface area contributed by atoms with Gasteiger partial charge in [0.25, 0.3) is 5.91 Å². The van der Waals surface area contributed by atoms with Crippen LogP contribution in [0.25, 0.3) is 0 Å². The van der Waals surface area contributed by atoms with Gasteiger partial charge < -0.3 is 15.8 Å². The van der Waals surface area contributed by atoms with E-state index in [0.29, 0.717) is 22.0 Å². The third-order valence-electron chi connectivity index (χ3n) is 2.15. The lowest BCUT2D eigenvalue weighted by molar-refractivity contribution is 0.103. The summed E-state index contributed by atoms with van der Waals surface area (Å²) in [7, 11) is 1.53. The third kappa shape index (κ3) is 2.54. The van der Waals surface area contributed by atoms with E-state index < -0.39 is 0 Å². The maximum Gasteiger partial charge on any atom is 0.267 e. The summed E-state index contributed by atoms with van der Waals surface area (Å²) in [6.45, 7) is 0. The van der Waals surface area contributed by atoms with E-state index in [0.717, 1.165) is 0 Å². The molecule has 0 aliphatic heterocycles. The number of nitrogen functional groups attached to an aromatic ring is 1. The molecule has 1 amide bonds. The molecule has 6 heteroatoms. The second-order valence-electron chi connectivity index (χ2n) is 3.28. The molecule has 0 aliphatic rings. The number of nitrogens with two attached hydrogens (primary N) is 1. The van der Waals surface area contributed by atoms with Crippen molar-refractivity contribution < 1.29 is 9.53 Å².